The van der Waals surface area contributed by atoms with Gasteiger partial charge in [-0.05, 0) is 31.7 Å². The van der Waals surface area contributed by atoms with Crippen LogP contribution in [-0.4, -0.2) is 25.2 Å². The fraction of sp³-hybridized carbons (Fsp3) is 0.533. The van der Waals surface area contributed by atoms with Gasteiger partial charge in [0.15, 0.2) is 0 Å². The van der Waals surface area contributed by atoms with E-state index in [1.54, 1.807) is 6.92 Å². The van der Waals surface area contributed by atoms with Crippen LogP contribution in [0.4, 0.5) is 0 Å². The summed E-state index contributed by atoms with van der Waals surface area (Å²) < 4.78 is 5.59. The van der Waals surface area contributed by atoms with Crippen LogP contribution in [0.3, 0.4) is 0 Å². The van der Waals surface area contributed by atoms with Crippen molar-refractivity contribution in [3.05, 3.63) is 35.9 Å². The average molecular weight is 299 g/mol. The number of rotatable bonds is 4. The summed E-state index contributed by atoms with van der Waals surface area (Å²) >= 11 is 0. The number of hydrogen-bond donors (Lipinski definition) is 2. The Hall–Kier alpha value is -1.10. The number of halogens is 1. The summed E-state index contributed by atoms with van der Waals surface area (Å²) in [4.78, 5) is 12.2. The van der Waals surface area contributed by atoms with Gasteiger partial charge < -0.3 is 15.8 Å². The first-order chi connectivity index (χ1) is 9.10. The van der Waals surface area contributed by atoms with Gasteiger partial charge in [-0.15, -0.1) is 12.4 Å². The van der Waals surface area contributed by atoms with Crippen molar-refractivity contribution in [3.8, 4) is 0 Å². The molecule has 1 saturated heterocycles. The van der Waals surface area contributed by atoms with Gasteiger partial charge in [-0.3, -0.25) is 4.79 Å². The highest BCUT2D eigenvalue weighted by Crippen LogP contribution is 2.18. The second kappa shape index (κ2) is 7.62. The molecule has 2 unspecified atom stereocenters. The molecule has 1 aromatic carbocycles. The predicted molar refractivity (Wildman–Crippen MR) is 81.8 cm³/mol. The molecule has 1 aliphatic heterocycles. The average Bonchev–Trinajstić information content (AvgIpc) is 2.46. The lowest BCUT2D eigenvalue weighted by Crippen LogP contribution is -2.51. The Kier molecular flexibility index (Phi) is 6.46. The van der Waals surface area contributed by atoms with Crippen LogP contribution in [0.1, 0.15) is 31.7 Å². The van der Waals surface area contributed by atoms with Gasteiger partial charge in [0.1, 0.15) is 5.54 Å². The number of carbonyl (C=O) groups excluding carboxylic acids is 1. The summed E-state index contributed by atoms with van der Waals surface area (Å²) in [6.07, 6.45) is 3.42. The lowest BCUT2D eigenvalue weighted by molar-refractivity contribution is -0.127. The highest BCUT2D eigenvalue weighted by molar-refractivity contribution is 5.87. The monoisotopic (exact) mass is 298 g/mol. The van der Waals surface area contributed by atoms with Gasteiger partial charge in [0.2, 0.25) is 5.91 Å². The molecular formula is C15H23ClN2O2. The van der Waals surface area contributed by atoms with Crippen LogP contribution in [0.25, 0.3) is 0 Å². The lowest BCUT2D eigenvalue weighted by Gasteiger charge is -2.27. The van der Waals surface area contributed by atoms with Crippen molar-refractivity contribution >= 4 is 18.3 Å². The zero-order valence-corrected chi connectivity index (χ0v) is 12.6. The molecule has 112 valence electrons. The predicted octanol–water partition coefficient (Wildman–Crippen LogP) is 1.97. The van der Waals surface area contributed by atoms with Crippen molar-refractivity contribution in [3.63, 3.8) is 0 Å². The molecular weight excluding hydrogens is 276 g/mol. The molecule has 5 heteroatoms. The third kappa shape index (κ3) is 4.20. The van der Waals surface area contributed by atoms with Crippen molar-refractivity contribution in [1.29, 1.82) is 0 Å². The van der Waals surface area contributed by atoms with E-state index in [2.05, 4.69) is 5.32 Å². The molecule has 0 saturated carbocycles. The molecule has 0 aromatic heterocycles. The minimum absolute atomic E-state index is 0. The van der Waals surface area contributed by atoms with E-state index in [0.717, 1.165) is 25.0 Å². The van der Waals surface area contributed by atoms with Gasteiger partial charge in [0, 0.05) is 13.2 Å². The highest BCUT2D eigenvalue weighted by atomic mass is 35.5. The molecule has 1 aliphatic rings. The van der Waals surface area contributed by atoms with Crippen LogP contribution >= 0.6 is 12.4 Å². The standard InChI is InChI=1S/C15H22N2O2.ClH/c1-15(16,12-7-3-2-4-8-12)14(18)17-11-13-9-5-6-10-19-13;/h2-4,7-8,13H,5-6,9-11,16H2,1H3,(H,17,18);1H. The van der Waals surface area contributed by atoms with E-state index >= 15 is 0 Å². The van der Waals surface area contributed by atoms with Crippen molar-refractivity contribution in [2.45, 2.75) is 37.8 Å². The van der Waals surface area contributed by atoms with Gasteiger partial charge >= 0.3 is 0 Å². The first-order valence-corrected chi connectivity index (χ1v) is 6.85. The van der Waals surface area contributed by atoms with Crippen molar-refractivity contribution in [2.75, 3.05) is 13.2 Å². The quantitative estimate of drug-likeness (QED) is 0.893. The molecule has 4 nitrogen and oxygen atoms in total. The zero-order valence-electron chi connectivity index (χ0n) is 11.8. The Morgan fingerprint density at radius 2 is 2.10 bits per heavy atom. The summed E-state index contributed by atoms with van der Waals surface area (Å²) in [6.45, 7) is 3.07. The Labute approximate surface area is 126 Å². The number of hydrogen-bond acceptors (Lipinski definition) is 3. The third-order valence-corrected chi connectivity index (χ3v) is 3.61. The van der Waals surface area contributed by atoms with E-state index in [0.29, 0.717) is 6.54 Å². The van der Waals surface area contributed by atoms with Crippen molar-refractivity contribution < 1.29 is 9.53 Å². The first kappa shape index (κ1) is 17.0. The maximum Gasteiger partial charge on any atom is 0.244 e. The number of nitrogens with one attached hydrogen (secondary N) is 1. The Balaban J connectivity index is 0.00000200. The molecule has 1 heterocycles. The van der Waals surface area contributed by atoms with Crippen LogP contribution in [0.5, 0.6) is 0 Å². The minimum Gasteiger partial charge on any atom is -0.376 e. The molecule has 0 aliphatic carbocycles. The molecule has 1 aromatic rings. The second-order valence-corrected chi connectivity index (χ2v) is 5.27. The molecule has 0 bridgehead atoms. The fourth-order valence-corrected chi connectivity index (χ4v) is 2.27. The summed E-state index contributed by atoms with van der Waals surface area (Å²) in [5.41, 5.74) is 5.96. The van der Waals surface area contributed by atoms with E-state index in [1.165, 1.54) is 6.42 Å². The Morgan fingerprint density at radius 3 is 2.70 bits per heavy atom. The van der Waals surface area contributed by atoms with E-state index in [1.807, 2.05) is 30.3 Å². The first-order valence-electron chi connectivity index (χ1n) is 6.85. The largest absolute Gasteiger partial charge is 0.376 e. The van der Waals surface area contributed by atoms with Gasteiger partial charge in [-0.2, -0.15) is 0 Å². The maximum atomic E-state index is 12.2. The van der Waals surface area contributed by atoms with Crippen LogP contribution < -0.4 is 11.1 Å². The van der Waals surface area contributed by atoms with Crippen LogP contribution in [0.2, 0.25) is 0 Å². The summed E-state index contributed by atoms with van der Waals surface area (Å²) in [5, 5.41) is 2.90. The number of amides is 1. The molecule has 1 fully saturated rings. The zero-order chi connectivity index (χ0) is 13.7. The van der Waals surface area contributed by atoms with E-state index in [9.17, 15) is 4.79 Å². The lowest BCUT2D eigenvalue weighted by atomic mass is 9.92. The third-order valence-electron chi connectivity index (χ3n) is 3.61. The van der Waals surface area contributed by atoms with Gasteiger partial charge in [-0.1, -0.05) is 30.3 Å². The fourth-order valence-electron chi connectivity index (χ4n) is 2.27. The van der Waals surface area contributed by atoms with Gasteiger partial charge in [-0.25, -0.2) is 0 Å². The molecule has 3 N–H and O–H groups in total. The van der Waals surface area contributed by atoms with E-state index in [4.69, 9.17) is 10.5 Å². The Morgan fingerprint density at radius 1 is 1.40 bits per heavy atom. The summed E-state index contributed by atoms with van der Waals surface area (Å²) in [7, 11) is 0. The molecule has 20 heavy (non-hydrogen) atoms. The molecule has 0 radical (unpaired) electrons. The molecule has 2 rings (SSSR count). The number of benzene rings is 1. The van der Waals surface area contributed by atoms with Crippen LogP contribution in [0, 0.1) is 0 Å². The maximum absolute atomic E-state index is 12.2. The van der Waals surface area contributed by atoms with Crippen molar-refractivity contribution in [2.24, 2.45) is 5.73 Å². The second-order valence-electron chi connectivity index (χ2n) is 5.27. The number of carbonyl (C=O) groups is 1. The smallest absolute Gasteiger partial charge is 0.244 e. The summed E-state index contributed by atoms with van der Waals surface area (Å²) in [5.74, 6) is -0.159. The number of nitrogens with two attached hydrogens (primary N) is 1. The van der Waals surface area contributed by atoms with Crippen LogP contribution in [-0.2, 0) is 15.1 Å². The normalized spacial score (nSPS) is 21.4. The molecule has 2 atom stereocenters. The van der Waals surface area contributed by atoms with Crippen LogP contribution in [0.15, 0.2) is 30.3 Å². The summed E-state index contributed by atoms with van der Waals surface area (Å²) in [6, 6.07) is 9.43. The van der Waals surface area contributed by atoms with Crippen molar-refractivity contribution in [1.82, 2.24) is 5.32 Å². The number of ether oxygens (including phenoxy) is 1. The topological polar surface area (TPSA) is 64.4 Å². The molecule has 0 spiro atoms. The van der Waals surface area contributed by atoms with E-state index < -0.39 is 5.54 Å². The highest BCUT2D eigenvalue weighted by Gasteiger charge is 2.30. The molecule has 1 amide bonds. The minimum atomic E-state index is -1.00. The van der Waals surface area contributed by atoms with Gasteiger partial charge in [0.05, 0.1) is 6.10 Å². The SMILES string of the molecule is CC(N)(C(=O)NCC1CCCCO1)c1ccccc1.Cl. The van der Waals surface area contributed by atoms with E-state index in [-0.39, 0.29) is 24.4 Å². The Bertz CT molecular complexity index is 417. The van der Waals surface area contributed by atoms with Gasteiger partial charge in [0.25, 0.3) is 0 Å².